The Morgan fingerprint density at radius 3 is 2.90 bits per heavy atom. The van der Waals surface area contributed by atoms with Gasteiger partial charge in [0.25, 0.3) is 5.91 Å². The van der Waals surface area contributed by atoms with Crippen molar-refractivity contribution in [2.24, 2.45) is 0 Å². The minimum atomic E-state index is -0.171. The van der Waals surface area contributed by atoms with Crippen LogP contribution in [0.4, 0.5) is 0 Å². The molecule has 2 amide bonds. The Kier molecular flexibility index (Phi) is 4.39. The lowest BCUT2D eigenvalue weighted by Crippen LogP contribution is -2.51. The first-order valence-corrected chi connectivity index (χ1v) is 9.77. The van der Waals surface area contributed by atoms with E-state index in [4.69, 9.17) is 4.74 Å². The fourth-order valence-corrected chi connectivity index (χ4v) is 3.95. The molecule has 0 unspecified atom stereocenters. The normalized spacial score (nSPS) is 14.6. The van der Waals surface area contributed by atoms with E-state index in [0.29, 0.717) is 25.3 Å². The largest absolute Gasteiger partial charge is 0.497 e. The number of hydrogen-bond donors (Lipinski definition) is 2. The average Bonchev–Trinajstić information content (AvgIpc) is 3.41. The van der Waals surface area contributed by atoms with Gasteiger partial charge in [-0.1, -0.05) is 12.1 Å². The lowest BCUT2D eigenvalue weighted by Gasteiger charge is -2.34. The highest BCUT2D eigenvalue weighted by molar-refractivity contribution is 6.00. The van der Waals surface area contributed by atoms with Gasteiger partial charge in [0.1, 0.15) is 18.0 Å². The van der Waals surface area contributed by atoms with Crippen LogP contribution in [0.25, 0.3) is 21.8 Å². The number of hydrogen-bond acceptors (Lipinski definition) is 4. The highest BCUT2D eigenvalue weighted by Gasteiger charge is 2.28. The fraction of sp³-hybridized carbons (Fsp3) is 0.227. The van der Waals surface area contributed by atoms with E-state index in [1.165, 1.54) is 0 Å². The van der Waals surface area contributed by atoms with E-state index in [9.17, 15) is 9.59 Å². The number of nitrogens with zero attached hydrogens (tertiary/aromatic N) is 3. The van der Waals surface area contributed by atoms with Gasteiger partial charge in [-0.15, -0.1) is 0 Å². The number of carbonyl (C=O) groups is 2. The minimum absolute atomic E-state index is 0.0621. The van der Waals surface area contributed by atoms with Crippen molar-refractivity contribution in [2.75, 3.05) is 26.7 Å². The van der Waals surface area contributed by atoms with Crippen LogP contribution in [-0.2, 0) is 11.3 Å². The summed E-state index contributed by atoms with van der Waals surface area (Å²) in [5.74, 6) is 0.500. The lowest BCUT2D eigenvalue weighted by molar-refractivity contribution is -0.135. The van der Waals surface area contributed by atoms with Crippen molar-refractivity contribution in [3.63, 3.8) is 0 Å². The molecule has 3 heterocycles. The maximum Gasteiger partial charge on any atom is 0.270 e. The zero-order valence-electron chi connectivity index (χ0n) is 16.5. The third-order valence-corrected chi connectivity index (χ3v) is 5.60. The third kappa shape index (κ3) is 3.16. The number of nitrogens with one attached hydrogen (secondary N) is 2. The quantitative estimate of drug-likeness (QED) is 0.548. The summed E-state index contributed by atoms with van der Waals surface area (Å²) in [5.41, 5.74) is 3.32. The Labute approximate surface area is 172 Å². The summed E-state index contributed by atoms with van der Waals surface area (Å²) in [7, 11) is 1.61. The molecule has 1 saturated heterocycles. The van der Waals surface area contributed by atoms with Gasteiger partial charge in [-0.05, 0) is 35.9 Å². The van der Waals surface area contributed by atoms with E-state index in [1.807, 2.05) is 36.4 Å². The molecule has 152 valence electrons. The molecule has 0 spiro atoms. The smallest absolute Gasteiger partial charge is 0.270 e. The van der Waals surface area contributed by atoms with Gasteiger partial charge >= 0.3 is 0 Å². The summed E-state index contributed by atoms with van der Waals surface area (Å²) in [6, 6.07) is 13.3. The fourth-order valence-electron chi connectivity index (χ4n) is 3.95. The van der Waals surface area contributed by atoms with Crippen LogP contribution in [0.1, 0.15) is 16.1 Å². The Morgan fingerprint density at radius 2 is 2.07 bits per heavy atom. The van der Waals surface area contributed by atoms with Crippen molar-refractivity contribution in [2.45, 2.75) is 6.54 Å². The predicted octanol–water partition coefficient (Wildman–Crippen LogP) is 2.54. The minimum Gasteiger partial charge on any atom is -0.497 e. The molecule has 0 saturated carbocycles. The van der Waals surface area contributed by atoms with Gasteiger partial charge in [0, 0.05) is 35.9 Å². The van der Waals surface area contributed by atoms with Gasteiger partial charge in [0.05, 0.1) is 18.8 Å². The second-order valence-corrected chi connectivity index (χ2v) is 7.43. The van der Waals surface area contributed by atoms with E-state index >= 15 is 0 Å². The van der Waals surface area contributed by atoms with Gasteiger partial charge < -0.3 is 19.5 Å². The lowest BCUT2D eigenvalue weighted by atomic mass is 10.1. The molecule has 4 aromatic rings. The molecule has 0 aliphatic carbocycles. The molecule has 1 aliphatic heterocycles. The van der Waals surface area contributed by atoms with Crippen molar-refractivity contribution in [1.82, 2.24) is 25.0 Å². The summed E-state index contributed by atoms with van der Waals surface area (Å²) < 4.78 is 5.24. The molecule has 5 rings (SSSR count). The van der Waals surface area contributed by atoms with Crippen molar-refractivity contribution in [1.29, 1.82) is 0 Å². The molecule has 0 bridgehead atoms. The Hall–Kier alpha value is -3.81. The number of benzene rings is 2. The Bertz CT molecular complexity index is 1260. The summed E-state index contributed by atoms with van der Waals surface area (Å²) in [4.78, 5) is 32.2. The van der Waals surface area contributed by atoms with Crippen LogP contribution in [0.15, 0.2) is 48.7 Å². The number of carbonyl (C=O) groups excluding carboxylic acids is 2. The van der Waals surface area contributed by atoms with Gasteiger partial charge in [-0.2, -0.15) is 5.10 Å². The predicted molar refractivity (Wildman–Crippen MR) is 112 cm³/mol. The molecule has 0 atom stereocenters. The highest BCUT2D eigenvalue weighted by atomic mass is 16.5. The highest BCUT2D eigenvalue weighted by Crippen LogP contribution is 2.23. The molecule has 1 aliphatic rings. The molecule has 1 fully saturated rings. The molecule has 8 heteroatoms. The van der Waals surface area contributed by atoms with Crippen molar-refractivity contribution in [3.05, 3.63) is 59.9 Å². The number of amides is 2. The van der Waals surface area contributed by atoms with Crippen molar-refractivity contribution in [3.8, 4) is 5.75 Å². The number of methoxy groups -OCH3 is 1. The van der Waals surface area contributed by atoms with E-state index in [0.717, 1.165) is 33.1 Å². The van der Waals surface area contributed by atoms with E-state index < -0.39 is 0 Å². The summed E-state index contributed by atoms with van der Waals surface area (Å²) in [5, 5.41) is 8.94. The maximum absolute atomic E-state index is 13.0. The maximum atomic E-state index is 13.0. The summed E-state index contributed by atoms with van der Waals surface area (Å²) >= 11 is 0. The van der Waals surface area contributed by atoms with Crippen LogP contribution in [0, 0.1) is 0 Å². The van der Waals surface area contributed by atoms with Crippen LogP contribution in [0.2, 0.25) is 0 Å². The zero-order valence-corrected chi connectivity index (χ0v) is 16.5. The first-order chi connectivity index (χ1) is 14.6. The molecule has 30 heavy (non-hydrogen) atoms. The molecular weight excluding hydrogens is 382 g/mol. The number of H-pyrrole nitrogens is 2. The molecular formula is C22H21N5O3. The van der Waals surface area contributed by atoms with Gasteiger partial charge in [-0.3, -0.25) is 14.7 Å². The molecule has 0 radical (unpaired) electrons. The number of ether oxygens (including phenoxy) is 1. The third-order valence-electron chi connectivity index (χ3n) is 5.60. The number of aromatic nitrogens is 3. The van der Waals surface area contributed by atoms with Gasteiger partial charge in [-0.25, -0.2) is 0 Å². The van der Waals surface area contributed by atoms with Crippen LogP contribution < -0.4 is 4.74 Å². The van der Waals surface area contributed by atoms with Crippen LogP contribution >= 0.6 is 0 Å². The van der Waals surface area contributed by atoms with E-state index in [1.54, 1.807) is 29.2 Å². The van der Waals surface area contributed by atoms with Crippen LogP contribution in [0.3, 0.4) is 0 Å². The zero-order chi connectivity index (χ0) is 20.7. The molecule has 8 nitrogen and oxygen atoms in total. The number of piperazine rings is 1. The number of fused-ring (bicyclic) bond motifs is 2. The van der Waals surface area contributed by atoms with Crippen LogP contribution in [0.5, 0.6) is 5.75 Å². The standard InChI is InChI=1S/C22H21N5O3/c1-30-16-5-6-18-15(9-16)10-20(24-18)22(29)27-8-7-26(21(28)13-27)12-14-3-2-4-19-17(14)11-23-25-19/h2-6,9-11,24H,7-8,12-13H2,1H3,(H,23,25). The van der Waals surface area contributed by atoms with E-state index in [2.05, 4.69) is 15.2 Å². The Balaban J connectivity index is 1.30. The Morgan fingerprint density at radius 1 is 1.17 bits per heavy atom. The number of aromatic amines is 2. The SMILES string of the molecule is COc1ccc2[nH]c(C(=O)N3CCN(Cc4cccc5[nH]ncc45)C(=O)C3)cc2c1. The molecule has 2 N–H and O–H groups in total. The van der Waals surface area contributed by atoms with Crippen molar-refractivity contribution < 1.29 is 14.3 Å². The first kappa shape index (κ1) is 18.2. The van der Waals surface area contributed by atoms with E-state index in [-0.39, 0.29) is 18.4 Å². The second kappa shape index (κ2) is 7.22. The summed E-state index contributed by atoms with van der Waals surface area (Å²) in [6.45, 7) is 1.56. The van der Waals surface area contributed by atoms with Gasteiger partial charge in [0.2, 0.25) is 5.91 Å². The summed E-state index contributed by atoms with van der Waals surface area (Å²) in [6.07, 6.45) is 1.78. The number of rotatable bonds is 4. The average molecular weight is 403 g/mol. The monoisotopic (exact) mass is 403 g/mol. The second-order valence-electron chi connectivity index (χ2n) is 7.43. The molecule has 2 aromatic heterocycles. The van der Waals surface area contributed by atoms with Gasteiger partial charge in [0.15, 0.2) is 0 Å². The van der Waals surface area contributed by atoms with Crippen molar-refractivity contribution >= 4 is 33.6 Å². The van der Waals surface area contributed by atoms with Crippen LogP contribution in [-0.4, -0.2) is 63.5 Å². The first-order valence-electron chi connectivity index (χ1n) is 9.77. The topological polar surface area (TPSA) is 94.3 Å². The molecule has 2 aromatic carbocycles.